The first-order chi connectivity index (χ1) is 17.3. The van der Waals surface area contributed by atoms with Crippen molar-refractivity contribution < 1.29 is 22.8 Å². The fraction of sp³-hybridized carbons (Fsp3) is 0.200. The van der Waals surface area contributed by atoms with Crippen molar-refractivity contribution in [1.82, 2.24) is 5.32 Å². The van der Waals surface area contributed by atoms with E-state index in [-0.39, 0.29) is 22.8 Å². The number of nitrogens with one attached hydrogen (secondary N) is 2. The first-order valence-corrected chi connectivity index (χ1v) is 12.5. The number of amides is 2. The average molecular weight is 611 g/mol. The molecule has 1 aliphatic carbocycles. The minimum absolute atomic E-state index is 0.0309. The molecule has 0 saturated heterocycles. The summed E-state index contributed by atoms with van der Waals surface area (Å²) in [5.74, 6) is -2.42. The second-order valence-corrected chi connectivity index (χ2v) is 11.1. The van der Waals surface area contributed by atoms with Crippen molar-refractivity contribution in [2.45, 2.75) is 23.0 Å². The van der Waals surface area contributed by atoms with Crippen LogP contribution in [0.4, 0.5) is 18.9 Å². The Kier molecular flexibility index (Phi) is 7.94. The topological polar surface area (TPSA) is 58.2 Å². The van der Waals surface area contributed by atoms with Crippen molar-refractivity contribution in [2.75, 3.05) is 5.32 Å². The van der Waals surface area contributed by atoms with Gasteiger partial charge >= 0.3 is 6.18 Å². The molecule has 0 aromatic heterocycles. The normalized spacial score (nSPS) is 18.3. The fourth-order valence-electron chi connectivity index (χ4n) is 3.91. The highest BCUT2D eigenvalue weighted by atomic mass is 35.5. The lowest BCUT2D eigenvalue weighted by Crippen LogP contribution is -2.24. The maximum absolute atomic E-state index is 13.0. The maximum Gasteiger partial charge on any atom is 0.416 e. The molecule has 0 heterocycles. The molecule has 12 heteroatoms. The van der Waals surface area contributed by atoms with Crippen LogP contribution in [0, 0.1) is 5.92 Å². The number of hydrogen-bond acceptors (Lipinski definition) is 2. The molecule has 194 valence electrons. The Bertz CT molecular complexity index is 1340. The van der Waals surface area contributed by atoms with Gasteiger partial charge in [-0.3, -0.25) is 9.59 Å². The first-order valence-electron chi connectivity index (χ1n) is 10.7. The number of halogens is 8. The molecule has 1 aliphatic rings. The molecule has 2 amide bonds. The van der Waals surface area contributed by atoms with Crippen molar-refractivity contribution in [3.63, 3.8) is 0 Å². The molecule has 1 saturated carbocycles. The van der Waals surface area contributed by atoms with E-state index in [1.165, 1.54) is 30.3 Å². The summed E-state index contributed by atoms with van der Waals surface area (Å²) in [5, 5.41) is 6.15. The van der Waals surface area contributed by atoms with Gasteiger partial charge < -0.3 is 10.6 Å². The van der Waals surface area contributed by atoms with E-state index < -0.39 is 39.7 Å². The number of carbonyl (C=O) groups is 2. The predicted octanol–water partition coefficient (Wildman–Crippen LogP) is 8.12. The van der Waals surface area contributed by atoms with Crippen molar-refractivity contribution >= 4 is 75.5 Å². The van der Waals surface area contributed by atoms with Gasteiger partial charge in [0, 0.05) is 28.2 Å². The van der Waals surface area contributed by atoms with E-state index in [0.717, 1.165) is 12.1 Å². The summed E-state index contributed by atoms with van der Waals surface area (Å²) < 4.78 is 36.8. The van der Waals surface area contributed by atoms with E-state index in [9.17, 15) is 22.8 Å². The van der Waals surface area contributed by atoms with Crippen LogP contribution in [0.3, 0.4) is 0 Å². The molecule has 0 aliphatic heterocycles. The lowest BCUT2D eigenvalue weighted by molar-refractivity contribution is -0.137. The zero-order valence-corrected chi connectivity index (χ0v) is 22.3. The third-order valence-corrected chi connectivity index (χ3v) is 7.50. The molecule has 3 aromatic carbocycles. The summed E-state index contributed by atoms with van der Waals surface area (Å²) in [6.45, 7) is -0.0309. The Labute approximate surface area is 235 Å². The van der Waals surface area contributed by atoms with Crippen molar-refractivity contribution in [3.05, 3.63) is 98.0 Å². The molecule has 0 spiro atoms. The summed E-state index contributed by atoms with van der Waals surface area (Å²) in [4.78, 5) is 25.7. The lowest BCUT2D eigenvalue weighted by Gasteiger charge is -2.11. The largest absolute Gasteiger partial charge is 0.416 e. The molecule has 2 N–H and O–H groups in total. The Balaban J connectivity index is 1.43. The second-order valence-electron chi connectivity index (χ2n) is 8.39. The number of anilines is 1. The molecular formula is C25H16Cl5F3N2O2. The molecule has 0 unspecified atom stereocenters. The summed E-state index contributed by atoms with van der Waals surface area (Å²) in [7, 11) is 0. The van der Waals surface area contributed by atoms with Gasteiger partial charge in [0.05, 0.1) is 22.1 Å². The van der Waals surface area contributed by atoms with Crippen LogP contribution in [-0.4, -0.2) is 16.1 Å². The molecule has 2 atom stereocenters. The number of rotatable bonds is 6. The van der Waals surface area contributed by atoms with Gasteiger partial charge in [0.25, 0.3) is 5.91 Å². The van der Waals surface area contributed by atoms with Crippen LogP contribution in [-0.2, 0) is 17.5 Å². The monoisotopic (exact) mass is 608 g/mol. The van der Waals surface area contributed by atoms with Crippen LogP contribution in [0.15, 0.2) is 60.7 Å². The highest BCUT2D eigenvalue weighted by molar-refractivity contribution is 6.53. The van der Waals surface area contributed by atoms with Crippen molar-refractivity contribution in [1.29, 1.82) is 0 Å². The summed E-state index contributed by atoms with van der Waals surface area (Å²) >= 11 is 31.1. The molecule has 1 fully saturated rings. The fourth-order valence-corrected chi connectivity index (χ4v) is 5.48. The Hall–Kier alpha value is -2.16. The molecule has 4 rings (SSSR count). The van der Waals surface area contributed by atoms with E-state index >= 15 is 0 Å². The third-order valence-electron chi connectivity index (χ3n) is 5.79. The van der Waals surface area contributed by atoms with E-state index in [2.05, 4.69) is 10.6 Å². The Morgan fingerprint density at radius 3 is 2.11 bits per heavy atom. The summed E-state index contributed by atoms with van der Waals surface area (Å²) in [6.07, 6.45) is -4.45. The van der Waals surface area contributed by atoms with Gasteiger partial charge in [-0.1, -0.05) is 46.9 Å². The van der Waals surface area contributed by atoms with Crippen LogP contribution in [0.5, 0.6) is 0 Å². The van der Waals surface area contributed by atoms with E-state index in [1.54, 1.807) is 18.2 Å². The molecule has 37 heavy (non-hydrogen) atoms. The highest BCUT2D eigenvalue weighted by Crippen LogP contribution is 2.65. The smallest absolute Gasteiger partial charge is 0.348 e. The minimum atomic E-state index is -4.45. The zero-order chi connectivity index (χ0) is 27.1. The van der Waals surface area contributed by atoms with E-state index in [4.69, 9.17) is 58.0 Å². The molecule has 0 bridgehead atoms. The first kappa shape index (κ1) is 27.9. The van der Waals surface area contributed by atoms with Gasteiger partial charge in [0.15, 0.2) is 0 Å². The van der Waals surface area contributed by atoms with E-state index in [0.29, 0.717) is 21.2 Å². The number of hydrogen-bond donors (Lipinski definition) is 2. The highest BCUT2D eigenvalue weighted by Gasteiger charge is 2.67. The molecule has 0 radical (unpaired) electrons. The molecular weight excluding hydrogens is 595 g/mol. The van der Waals surface area contributed by atoms with E-state index in [1.807, 2.05) is 0 Å². The number of carbonyl (C=O) groups excluding carboxylic acids is 2. The average Bonchev–Trinajstić information content (AvgIpc) is 3.40. The van der Waals surface area contributed by atoms with Crippen LogP contribution < -0.4 is 10.6 Å². The van der Waals surface area contributed by atoms with Gasteiger partial charge in [0.1, 0.15) is 4.33 Å². The standard InChI is InChI=1S/C25H16Cl5F3N2O2/c26-15-7-13(8-16(27)9-15)20-21(24(20,29)30)23(37)35-17-5-6-19(28)18(10-17)22(36)34-11-12-1-3-14(4-2-12)25(31,32)33/h1-10,20-21H,11H2,(H,34,36)(H,35,37)/t20-,21+/m1/s1. The number of alkyl halides is 5. The Morgan fingerprint density at radius 1 is 0.892 bits per heavy atom. The van der Waals surface area contributed by atoms with Gasteiger partial charge in [-0.25, -0.2) is 0 Å². The van der Waals surface area contributed by atoms with Crippen LogP contribution in [0.25, 0.3) is 0 Å². The van der Waals surface area contributed by atoms with Gasteiger partial charge in [0.2, 0.25) is 5.91 Å². The van der Waals surface area contributed by atoms with Crippen LogP contribution in [0.2, 0.25) is 15.1 Å². The van der Waals surface area contributed by atoms with Crippen LogP contribution >= 0.6 is 58.0 Å². The SMILES string of the molecule is O=C(NCc1ccc(C(F)(F)F)cc1)c1cc(NC(=O)[C@@H]2[C@@H](c3cc(Cl)cc(Cl)c3)C2(Cl)Cl)ccc1Cl. The van der Waals surface area contributed by atoms with Crippen molar-refractivity contribution in [3.8, 4) is 0 Å². The lowest BCUT2D eigenvalue weighted by atomic mass is 10.1. The Morgan fingerprint density at radius 2 is 1.51 bits per heavy atom. The molecule has 3 aromatic rings. The molecule has 4 nitrogen and oxygen atoms in total. The van der Waals surface area contributed by atoms with Gasteiger partial charge in [-0.05, 0) is 59.7 Å². The van der Waals surface area contributed by atoms with Crippen LogP contribution in [0.1, 0.15) is 33.0 Å². The van der Waals surface area contributed by atoms with Gasteiger partial charge in [-0.2, -0.15) is 13.2 Å². The summed E-state index contributed by atoms with van der Waals surface area (Å²) in [5.41, 5.74) is 0.616. The predicted molar refractivity (Wildman–Crippen MR) is 140 cm³/mol. The zero-order valence-electron chi connectivity index (χ0n) is 18.5. The maximum atomic E-state index is 13.0. The summed E-state index contributed by atoms with van der Waals surface area (Å²) in [6, 6.07) is 13.5. The van der Waals surface area contributed by atoms with Gasteiger partial charge in [-0.15, -0.1) is 23.2 Å². The minimum Gasteiger partial charge on any atom is -0.348 e. The quantitative estimate of drug-likeness (QED) is 0.277. The third kappa shape index (κ3) is 6.29. The van der Waals surface area contributed by atoms with Crippen molar-refractivity contribution in [2.24, 2.45) is 5.92 Å². The second kappa shape index (κ2) is 10.5. The number of benzene rings is 3.